The lowest BCUT2D eigenvalue weighted by Crippen LogP contribution is -2.10. The number of hydrogen-bond acceptors (Lipinski definition) is 2. The van der Waals surface area contributed by atoms with Crippen LogP contribution in [0.25, 0.3) is 0 Å². The third-order valence-electron chi connectivity index (χ3n) is 2.01. The molecule has 54 valence electrons. The first kappa shape index (κ1) is 7.03. The van der Waals surface area contributed by atoms with Crippen molar-refractivity contribution in [2.45, 2.75) is 38.4 Å². The highest BCUT2D eigenvalue weighted by atomic mass is 16.6. The van der Waals surface area contributed by atoms with E-state index in [1.807, 2.05) is 0 Å². The van der Waals surface area contributed by atoms with Gasteiger partial charge in [0.25, 0.3) is 0 Å². The summed E-state index contributed by atoms with van der Waals surface area (Å²) in [6.45, 7) is 4.40. The lowest BCUT2D eigenvalue weighted by molar-refractivity contribution is 0.223. The first-order valence-electron chi connectivity index (χ1n) is 3.51. The minimum absolute atomic E-state index is 0.0174. The summed E-state index contributed by atoms with van der Waals surface area (Å²) in [4.78, 5) is 0. The molecular weight excluding hydrogens is 116 g/mol. The van der Waals surface area contributed by atoms with Crippen molar-refractivity contribution in [3.05, 3.63) is 0 Å². The number of hydrogen-bond donors (Lipinski definition) is 1. The normalized spacial score (nSPS) is 41.0. The molecule has 0 radical (unpaired) electrons. The zero-order valence-corrected chi connectivity index (χ0v) is 6.05. The first-order chi connectivity index (χ1) is 4.23. The van der Waals surface area contributed by atoms with Crippen LogP contribution < -0.4 is 0 Å². The van der Waals surface area contributed by atoms with Gasteiger partial charge in [-0.15, -0.1) is 0 Å². The van der Waals surface area contributed by atoms with E-state index in [2.05, 4.69) is 13.8 Å². The molecule has 1 fully saturated rings. The molecule has 2 atom stereocenters. The molecule has 0 aromatic rings. The Hall–Kier alpha value is -0.0800. The average molecular weight is 130 g/mol. The summed E-state index contributed by atoms with van der Waals surface area (Å²) in [7, 11) is 0. The molecule has 0 saturated carbocycles. The lowest BCUT2D eigenvalue weighted by Gasteiger charge is -1.99. The van der Waals surface area contributed by atoms with Gasteiger partial charge in [0.05, 0.1) is 11.7 Å². The van der Waals surface area contributed by atoms with Gasteiger partial charge in [-0.05, 0) is 13.3 Å². The van der Waals surface area contributed by atoms with Crippen LogP contribution in [0.5, 0.6) is 0 Å². The predicted molar refractivity (Wildman–Crippen MR) is 35.3 cm³/mol. The molecule has 1 saturated heterocycles. The monoisotopic (exact) mass is 130 g/mol. The Bertz CT molecular complexity index is 103. The highest BCUT2D eigenvalue weighted by molar-refractivity contribution is 4.97. The summed E-state index contributed by atoms with van der Waals surface area (Å²) < 4.78 is 5.33. The molecule has 2 nitrogen and oxygen atoms in total. The molecule has 0 aromatic heterocycles. The van der Waals surface area contributed by atoms with Gasteiger partial charge in [0, 0.05) is 13.0 Å². The van der Waals surface area contributed by atoms with E-state index in [9.17, 15) is 0 Å². The molecule has 0 spiro atoms. The van der Waals surface area contributed by atoms with E-state index >= 15 is 0 Å². The summed E-state index contributed by atoms with van der Waals surface area (Å²) in [5.41, 5.74) is 0.0174. The Balaban J connectivity index is 2.25. The van der Waals surface area contributed by atoms with Gasteiger partial charge in [0.15, 0.2) is 0 Å². The number of aliphatic hydroxyl groups excluding tert-OH is 1. The third-order valence-corrected chi connectivity index (χ3v) is 2.01. The predicted octanol–water partition coefficient (Wildman–Crippen LogP) is 0.936. The molecule has 1 aliphatic heterocycles. The van der Waals surface area contributed by atoms with Crippen LogP contribution in [0.3, 0.4) is 0 Å². The third kappa shape index (κ3) is 1.25. The summed E-state index contributed by atoms with van der Waals surface area (Å²) in [5.74, 6) is 0. The first-order valence-corrected chi connectivity index (χ1v) is 3.51. The SMILES string of the molecule is CC[C@H]1O[C@]1(C)CCO. The molecule has 1 rings (SSSR count). The van der Waals surface area contributed by atoms with Crippen LogP contribution in [-0.2, 0) is 4.74 Å². The van der Waals surface area contributed by atoms with Crippen LogP contribution in [0.4, 0.5) is 0 Å². The van der Waals surface area contributed by atoms with Crippen molar-refractivity contribution in [3.63, 3.8) is 0 Å². The molecule has 0 aromatic carbocycles. The molecule has 9 heavy (non-hydrogen) atoms. The van der Waals surface area contributed by atoms with E-state index in [0.29, 0.717) is 6.10 Å². The van der Waals surface area contributed by atoms with E-state index in [4.69, 9.17) is 9.84 Å². The fourth-order valence-electron chi connectivity index (χ4n) is 1.25. The van der Waals surface area contributed by atoms with E-state index in [0.717, 1.165) is 12.8 Å². The smallest absolute Gasteiger partial charge is 0.0942 e. The second-order valence-electron chi connectivity index (χ2n) is 2.80. The fraction of sp³-hybridized carbons (Fsp3) is 1.00. The molecule has 1 aliphatic rings. The summed E-state index contributed by atoms with van der Waals surface area (Å²) in [5, 5.41) is 8.58. The molecular formula is C7H14O2. The Morgan fingerprint density at radius 1 is 1.67 bits per heavy atom. The van der Waals surface area contributed by atoms with Crippen molar-refractivity contribution in [3.8, 4) is 0 Å². The number of aliphatic hydroxyl groups is 1. The quantitative estimate of drug-likeness (QED) is 0.576. The van der Waals surface area contributed by atoms with Crippen molar-refractivity contribution in [1.29, 1.82) is 0 Å². The fourth-order valence-corrected chi connectivity index (χ4v) is 1.25. The standard InChI is InChI=1S/C7H14O2/c1-3-6-7(2,9-6)4-5-8/h6,8H,3-5H2,1-2H3/t6-,7-/m1/s1. The van der Waals surface area contributed by atoms with Crippen LogP contribution in [0, 0.1) is 0 Å². The van der Waals surface area contributed by atoms with Crippen molar-refractivity contribution >= 4 is 0 Å². The second-order valence-corrected chi connectivity index (χ2v) is 2.80. The Labute approximate surface area is 55.8 Å². The highest BCUT2D eigenvalue weighted by Gasteiger charge is 2.49. The minimum atomic E-state index is 0.0174. The van der Waals surface area contributed by atoms with Crippen LogP contribution >= 0.6 is 0 Å². The molecule has 0 unspecified atom stereocenters. The maximum absolute atomic E-state index is 8.58. The van der Waals surface area contributed by atoms with E-state index in [-0.39, 0.29) is 12.2 Å². The van der Waals surface area contributed by atoms with E-state index in [1.165, 1.54) is 0 Å². The Morgan fingerprint density at radius 2 is 2.33 bits per heavy atom. The molecule has 0 amide bonds. The molecule has 1 heterocycles. The number of rotatable bonds is 3. The zero-order valence-electron chi connectivity index (χ0n) is 6.05. The maximum Gasteiger partial charge on any atom is 0.0942 e. The van der Waals surface area contributed by atoms with Gasteiger partial charge in [-0.25, -0.2) is 0 Å². The average Bonchev–Trinajstić information content (AvgIpc) is 2.43. The summed E-state index contributed by atoms with van der Waals surface area (Å²) >= 11 is 0. The van der Waals surface area contributed by atoms with Crippen molar-refractivity contribution in [1.82, 2.24) is 0 Å². The zero-order chi connectivity index (χ0) is 6.91. The van der Waals surface area contributed by atoms with Crippen molar-refractivity contribution in [2.24, 2.45) is 0 Å². The number of epoxide rings is 1. The van der Waals surface area contributed by atoms with E-state index < -0.39 is 0 Å². The Morgan fingerprint density at radius 3 is 2.67 bits per heavy atom. The highest BCUT2D eigenvalue weighted by Crippen LogP contribution is 2.40. The van der Waals surface area contributed by atoms with Crippen LogP contribution in [-0.4, -0.2) is 23.4 Å². The van der Waals surface area contributed by atoms with Crippen LogP contribution in [0.2, 0.25) is 0 Å². The topological polar surface area (TPSA) is 32.8 Å². The maximum atomic E-state index is 8.58. The van der Waals surface area contributed by atoms with Crippen molar-refractivity contribution in [2.75, 3.05) is 6.61 Å². The largest absolute Gasteiger partial charge is 0.396 e. The molecule has 1 N–H and O–H groups in total. The van der Waals surface area contributed by atoms with Gasteiger partial charge in [0.2, 0.25) is 0 Å². The molecule has 0 aliphatic carbocycles. The van der Waals surface area contributed by atoms with Crippen molar-refractivity contribution < 1.29 is 9.84 Å². The second kappa shape index (κ2) is 2.27. The van der Waals surface area contributed by atoms with Gasteiger partial charge in [-0.3, -0.25) is 0 Å². The van der Waals surface area contributed by atoms with Gasteiger partial charge in [-0.2, -0.15) is 0 Å². The van der Waals surface area contributed by atoms with Gasteiger partial charge < -0.3 is 9.84 Å². The van der Waals surface area contributed by atoms with Gasteiger partial charge in [0.1, 0.15) is 0 Å². The Kier molecular flexibility index (Phi) is 1.78. The van der Waals surface area contributed by atoms with E-state index in [1.54, 1.807) is 0 Å². The molecule has 0 bridgehead atoms. The molecule has 2 heteroatoms. The van der Waals surface area contributed by atoms with Crippen LogP contribution in [0.15, 0.2) is 0 Å². The number of ether oxygens (including phenoxy) is 1. The van der Waals surface area contributed by atoms with Crippen LogP contribution in [0.1, 0.15) is 26.7 Å². The van der Waals surface area contributed by atoms with Gasteiger partial charge in [-0.1, -0.05) is 6.92 Å². The summed E-state index contributed by atoms with van der Waals surface area (Å²) in [6.07, 6.45) is 2.26. The minimum Gasteiger partial charge on any atom is -0.396 e. The van der Waals surface area contributed by atoms with Gasteiger partial charge >= 0.3 is 0 Å². The lowest BCUT2D eigenvalue weighted by atomic mass is 10.0. The summed E-state index contributed by atoms with van der Waals surface area (Å²) in [6, 6.07) is 0.